The van der Waals surface area contributed by atoms with Gasteiger partial charge in [-0.25, -0.2) is 4.98 Å². The second-order valence-electron chi connectivity index (χ2n) is 5.41. The Morgan fingerprint density at radius 3 is 2.47 bits per heavy atom. The Morgan fingerprint density at radius 2 is 2.07 bits per heavy atom. The number of hydrogen-bond donors (Lipinski definition) is 0. The lowest BCUT2D eigenvalue weighted by Gasteiger charge is -2.31. The minimum Gasteiger partial charge on any atom is -0.335 e. The molecule has 0 bridgehead atoms. The number of hydrogen-bond acceptors (Lipinski definition) is 1. The van der Waals surface area contributed by atoms with E-state index in [0.29, 0.717) is 5.67 Å². The van der Waals surface area contributed by atoms with E-state index in [9.17, 15) is 0 Å². The van der Waals surface area contributed by atoms with Gasteiger partial charge in [0.1, 0.15) is 5.82 Å². The Labute approximate surface area is 94.7 Å². The quantitative estimate of drug-likeness (QED) is 0.696. The van der Waals surface area contributed by atoms with Crippen LogP contribution in [0.15, 0.2) is 12.4 Å². The van der Waals surface area contributed by atoms with Gasteiger partial charge >= 0.3 is 0 Å². The molecule has 0 amide bonds. The van der Waals surface area contributed by atoms with Crippen LogP contribution in [0.4, 0.5) is 0 Å². The van der Waals surface area contributed by atoms with Gasteiger partial charge in [-0.05, 0) is 13.3 Å². The molecule has 0 N–H and O–H groups in total. The van der Waals surface area contributed by atoms with Crippen molar-refractivity contribution >= 4 is 8.07 Å². The first kappa shape index (κ1) is 12.5. The number of nitrogens with zero attached hydrogens (tertiary/aromatic N) is 2. The third-order valence-corrected chi connectivity index (χ3v) is 5.60. The molecule has 1 heterocycles. The van der Waals surface area contributed by atoms with Crippen LogP contribution in [0.5, 0.6) is 0 Å². The summed E-state index contributed by atoms with van der Waals surface area (Å²) in [6.07, 6.45) is 7.99. The van der Waals surface area contributed by atoms with E-state index >= 15 is 0 Å². The maximum absolute atomic E-state index is 4.34. The Balaban J connectivity index is 2.87. The summed E-state index contributed by atoms with van der Waals surface area (Å²) in [6, 6.07) is 0. The Morgan fingerprint density at radius 1 is 1.40 bits per heavy atom. The molecular formula is C12H24N2Si. The SMILES string of the molecule is CCCCC(n1ccnc1C)[Si](C)(C)C. The molecular weight excluding hydrogens is 200 g/mol. The van der Waals surface area contributed by atoms with E-state index in [1.54, 1.807) is 0 Å². The van der Waals surface area contributed by atoms with Gasteiger partial charge in [0.25, 0.3) is 0 Å². The van der Waals surface area contributed by atoms with Crippen LogP contribution in [0.1, 0.15) is 37.7 Å². The summed E-state index contributed by atoms with van der Waals surface area (Å²) in [5, 5.41) is 0. The van der Waals surface area contributed by atoms with E-state index in [0.717, 1.165) is 0 Å². The molecule has 0 aliphatic heterocycles. The third-order valence-electron chi connectivity index (χ3n) is 3.03. The summed E-state index contributed by atoms with van der Waals surface area (Å²) in [5.41, 5.74) is 0.708. The lowest BCUT2D eigenvalue weighted by molar-refractivity contribution is 0.546. The van der Waals surface area contributed by atoms with Crippen LogP contribution in [0.3, 0.4) is 0 Å². The molecule has 0 spiro atoms. The zero-order valence-electron chi connectivity index (χ0n) is 10.7. The van der Waals surface area contributed by atoms with Gasteiger partial charge in [0.15, 0.2) is 0 Å². The van der Waals surface area contributed by atoms with Crippen LogP contribution in [0.2, 0.25) is 19.6 Å². The van der Waals surface area contributed by atoms with Crippen molar-refractivity contribution in [3.8, 4) is 0 Å². The molecule has 15 heavy (non-hydrogen) atoms. The summed E-state index contributed by atoms with van der Waals surface area (Å²) >= 11 is 0. The van der Waals surface area contributed by atoms with Crippen LogP contribution in [-0.2, 0) is 0 Å². The molecule has 1 atom stereocenters. The van der Waals surface area contributed by atoms with Crippen molar-refractivity contribution < 1.29 is 0 Å². The maximum atomic E-state index is 4.34. The first-order valence-corrected chi connectivity index (χ1v) is 9.54. The molecule has 0 saturated heterocycles. The second-order valence-corrected chi connectivity index (χ2v) is 10.8. The molecule has 1 aromatic heterocycles. The lowest BCUT2D eigenvalue weighted by Crippen LogP contribution is -2.35. The zero-order chi connectivity index (χ0) is 11.5. The van der Waals surface area contributed by atoms with Gasteiger partial charge < -0.3 is 4.57 Å². The number of aromatic nitrogens is 2. The fourth-order valence-electron chi connectivity index (χ4n) is 2.10. The van der Waals surface area contributed by atoms with Crippen LogP contribution in [0, 0.1) is 6.92 Å². The van der Waals surface area contributed by atoms with Crippen molar-refractivity contribution in [2.75, 3.05) is 0 Å². The normalized spacial score (nSPS) is 14.2. The Hall–Kier alpha value is -0.573. The maximum Gasteiger partial charge on any atom is 0.105 e. The van der Waals surface area contributed by atoms with Crippen molar-refractivity contribution in [3.05, 3.63) is 18.2 Å². The summed E-state index contributed by atoms with van der Waals surface area (Å²) in [7, 11) is -1.14. The number of aryl methyl sites for hydroxylation is 1. The van der Waals surface area contributed by atoms with Gasteiger partial charge in [-0.3, -0.25) is 0 Å². The summed E-state index contributed by atoms with van der Waals surface area (Å²) in [5.74, 6) is 1.17. The molecule has 1 aromatic rings. The molecule has 1 rings (SSSR count). The fraction of sp³-hybridized carbons (Fsp3) is 0.750. The molecule has 0 radical (unpaired) electrons. The van der Waals surface area contributed by atoms with Gasteiger partial charge in [0.05, 0.1) is 8.07 Å². The topological polar surface area (TPSA) is 17.8 Å². The van der Waals surface area contributed by atoms with Crippen molar-refractivity contribution in [2.45, 2.75) is 58.4 Å². The molecule has 0 aromatic carbocycles. The summed E-state index contributed by atoms with van der Waals surface area (Å²) < 4.78 is 2.39. The standard InChI is InChI=1S/C12H24N2Si/c1-6-7-8-12(15(3,4)5)14-10-9-13-11(14)2/h9-10,12H,6-8H2,1-5H3. The molecule has 0 aliphatic carbocycles. The van der Waals surface area contributed by atoms with E-state index in [4.69, 9.17) is 0 Å². The first-order valence-electron chi connectivity index (χ1n) is 5.96. The van der Waals surface area contributed by atoms with Gasteiger partial charge in [0.2, 0.25) is 0 Å². The zero-order valence-corrected chi connectivity index (χ0v) is 11.7. The van der Waals surface area contributed by atoms with Gasteiger partial charge in [-0.2, -0.15) is 0 Å². The monoisotopic (exact) mass is 224 g/mol. The average molecular weight is 224 g/mol. The Kier molecular flexibility index (Phi) is 4.14. The highest BCUT2D eigenvalue weighted by atomic mass is 28.3. The van der Waals surface area contributed by atoms with Crippen LogP contribution in [-0.4, -0.2) is 17.6 Å². The van der Waals surface area contributed by atoms with Crippen molar-refractivity contribution in [1.29, 1.82) is 0 Å². The molecule has 3 heteroatoms. The van der Waals surface area contributed by atoms with Gasteiger partial charge in [-0.15, -0.1) is 0 Å². The summed E-state index contributed by atoms with van der Waals surface area (Å²) in [4.78, 5) is 4.34. The van der Waals surface area contributed by atoms with E-state index < -0.39 is 8.07 Å². The molecule has 0 fully saturated rings. The largest absolute Gasteiger partial charge is 0.335 e. The van der Waals surface area contributed by atoms with E-state index in [-0.39, 0.29) is 0 Å². The van der Waals surface area contributed by atoms with Gasteiger partial charge in [-0.1, -0.05) is 39.4 Å². The van der Waals surface area contributed by atoms with Crippen molar-refractivity contribution in [2.24, 2.45) is 0 Å². The van der Waals surface area contributed by atoms with E-state index in [1.807, 2.05) is 6.20 Å². The number of imidazole rings is 1. The smallest absolute Gasteiger partial charge is 0.105 e. The molecule has 0 saturated carbocycles. The molecule has 2 nitrogen and oxygen atoms in total. The average Bonchev–Trinajstić information content (AvgIpc) is 2.51. The third kappa shape index (κ3) is 3.19. The van der Waals surface area contributed by atoms with Crippen molar-refractivity contribution in [1.82, 2.24) is 9.55 Å². The van der Waals surface area contributed by atoms with E-state index in [1.165, 1.54) is 25.1 Å². The first-order chi connectivity index (χ1) is 6.96. The van der Waals surface area contributed by atoms with Crippen LogP contribution >= 0.6 is 0 Å². The summed E-state index contributed by atoms with van der Waals surface area (Å²) in [6.45, 7) is 11.7. The minimum atomic E-state index is -1.14. The predicted molar refractivity (Wildman–Crippen MR) is 68.9 cm³/mol. The second kappa shape index (κ2) is 4.97. The predicted octanol–water partition coefficient (Wildman–Crippen LogP) is 3.80. The number of rotatable bonds is 5. The van der Waals surface area contributed by atoms with E-state index in [2.05, 4.69) is 49.2 Å². The van der Waals surface area contributed by atoms with Crippen LogP contribution < -0.4 is 0 Å². The molecule has 86 valence electrons. The molecule has 1 unspecified atom stereocenters. The fourth-order valence-corrected chi connectivity index (χ4v) is 4.28. The lowest BCUT2D eigenvalue weighted by atomic mass is 10.2. The highest BCUT2D eigenvalue weighted by molar-refractivity contribution is 6.76. The van der Waals surface area contributed by atoms with Crippen LogP contribution in [0.25, 0.3) is 0 Å². The highest BCUT2D eigenvalue weighted by Crippen LogP contribution is 2.27. The Bertz CT molecular complexity index is 299. The van der Waals surface area contributed by atoms with Crippen molar-refractivity contribution in [3.63, 3.8) is 0 Å². The number of unbranched alkanes of at least 4 members (excludes halogenated alkanes) is 1. The molecule has 0 aliphatic rings. The highest BCUT2D eigenvalue weighted by Gasteiger charge is 2.28. The van der Waals surface area contributed by atoms with Gasteiger partial charge in [0, 0.05) is 18.1 Å². The minimum absolute atomic E-state index is 0.708.